The van der Waals surface area contributed by atoms with Gasteiger partial charge in [0.05, 0.1) is 29.2 Å². The van der Waals surface area contributed by atoms with E-state index in [1.54, 1.807) is 13.8 Å². The Labute approximate surface area is 143 Å². The van der Waals surface area contributed by atoms with Gasteiger partial charge in [-0.05, 0) is 19.9 Å². The summed E-state index contributed by atoms with van der Waals surface area (Å²) in [7, 11) is 0. The molecule has 1 fully saturated rings. The lowest BCUT2D eigenvalue weighted by atomic mass is 10.1. The zero-order valence-electron chi connectivity index (χ0n) is 13.3. The highest BCUT2D eigenvalue weighted by Gasteiger charge is 2.26. The molecule has 1 aromatic heterocycles. The van der Waals surface area contributed by atoms with Crippen molar-refractivity contribution in [2.24, 2.45) is 0 Å². The number of aryl methyl sites for hydroxylation is 1. The van der Waals surface area contributed by atoms with Gasteiger partial charge in [-0.1, -0.05) is 11.8 Å². The van der Waals surface area contributed by atoms with Crippen molar-refractivity contribution < 1.29 is 19.1 Å². The highest BCUT2D eigenvalue weighted by molar-refractivity contribution is 8.00. The summed E-state index contributed by atoms with van der Waals surface area (Å²) in [6.07, 6.45) is 0. The molecule has 0 bridgehead atoms. The second-order valence-electron chi connectivity index (χ2n) is 4.87. The number of urea groups is 1. The number of ether oxygens (including phenoxy) is 1. The summed E-state index contributed by atoms with van der Waals surface area (Å²) in [6.45, 7) is 4.31. The number of esters is 1. The van der Waals surface area contributed by atoms with E-state index in [-0.39, 0.29) is 29.4 Å². The van der Waals surface area contributed by atoms with Gasteiger partial charge in [0, 0.05) is 13.1 Å². The summed E-state index contributed by atoms with van der Waals surface area (Å²) in [4.78, 5) is 40.7. The lowest BCUT2D eigenvalue weighted by molar-refractivity contribution is -0.124. The van der Waals surface area contributed by atoms with E-state index in [2.05, 4.69) is 10.3 Å². The summed E-state index contributed by atoms with van der Waals surface area (Å²) < 4.78 is 4.93. The molecule has 1 N–H and O–H groups in total. The van der Waals surface area contributed by atoms with Crippen LogP contribution in [0.5, 0.6) is 0 Å². The number of nitrogens with one attached hydrogen (secondary N) is 1. The van der Waals surface area contributed by atoms with Gasteiger partial charge in [-0.15, -0.1) is 0 Å². The van der Waals surface area contributed by atoms with Crippen molar-refractivity contribution in [3.05, 3.63) is 22.9 Å². The molecule has 1 aliphatic heterocycles. The minimum absolute atomic E-state index is 0.0205. The Morgan fingerprint density at radius 2 is 2.29 bits per heavy atom. The summed E-state index contributed by atoms with van der Waals surface area (Å²) in [6, 6.07) is 2.97. The van der Waals surface area contributed by atoms with Crippen molar-refractivity contribution in [2.45, 2.75) is 18.9 Å². The van der Waals surface area contributed by atoms with Crippen LogP contribution >= 0.6 is 11.8 Å². The van der Waals surface area contributed by atoms with Crippen molar-refractivity contribution in [1.82, 2.24) is 15.2 Å². The maximum absolute atomic E-state index is 12.0. The first-order valence-corrected chi connectivity index (χ1v) is 8.26. The third-order valence-electron chi connectivity index (χ3n) is 3.28. The first kappa shape index (κ1) is 17.7. The van der Waals surface area contributed by atoms with E-state index in [1.165, 1.54) is 6.07 Å². The van der Waals surface area contributed by atoms with E-state index in [0.29, 0.717) is 23.8 Å². The average molecular weight is 348 g/mol. The largest absolute Gasteiger partial charge is 0.462 e. The maximum atomic E-state index is 12.0. The molecular weight excluding hydrogens is 332 g/mol. The minimum atomic E-state index is -0.541. The Morgan fingerprint density at radius 1 is 1.54 bits per heavy atom. The first-order chi connectivity index (χ1) is 11.5. The van der Waals surface area contributed by atoms with Crippen LogP contribution in [0.2, 0.25) is 0 Å². The molecule has 0 aliphatic carbocycles. The van der Waals surface area contributed by atoms with Crippen LogP contribution in [0.3, 0.4) is 0 Å². The number of hydrogen-bond donors (Lipinski definition) is 1. The predicted molar refractivity (Wildman–Crippen MR) is 85.5 cm³/mol. The third-order valence-corrected chi connectivity index (χ3v) is 4.26. The molecular formula is C15H16N4O4S. The highest BCUT2D eigenvalue weighted by atomic mass is 32.2. The zero-order chi connectivity index (χ0) is 17.7. The number of aromatic nitrogens is 1. The van der Waals surface area contributed by atoms with E-state index >= 15 is 0 Å². The molecule has 0 saturated carbocycles. The van der Waals surface area contributed by atoms with Crippen LogP contribution in [0.1, 0.15) is 28.5 Å². The van der Waals surface area contributed by atoms with Crippen LogP contribution in [-0.4, -0.2) is 53.2 Å². The van der Waals surface area contributed by atoms with Gasteiger partial charge in [0.2, 0.25) is 5.91 Å². The Bertz CT molecular complexity index is 729. The number of nitrogens with zero attached hydrogens (tertiary/aromatic N) is 3. The molecule has 2 rings (SSSR count). The fourth-order valence-corrected chi connectivity index (χ4v) is 2.98. The van der Waals surface area contributed by atoms with Gasteiger partial charge in [-0.3, -0.25) is 9.69 Å². The van der Waals surface area contributed by atoms with E-state index < -0.39 is 12.0 Å². The number of imide groups is 1. The number of amides is 3. The molecule has 8 nitrogen and oxygen atoms in total. The number of carbonyl (C=O) groups is 3. The minimum Gasteiger partial charge on any atom is -0.462 e. The Kier molecular flexibility index (Phi) is 5.76. The predicted octanol–water partition coefficient (Wildman–Crippen LogP) is 1.08. The number of thioether (sulfide) groups is 1. The summed E-state index contributed by atoms with van der Waals surface area (Å²) in [5.74, 6) is -0.916. The van der Waals surface area contributed by atoms with E-state index in [0.717, 1.165) is 16.7 Å². The monoisotopic (exact) mass is 348 g/mol. The van der Waals surface area contributed by atoms with Crippen LogP contribution in [0.15, 0.2) is 11.1 Å². The Hall–Kier alpha value is -2.60. The quantitative estimate of drug-likeness (QED) is 0.626. The van der Waals surface area contributed by atoms with E-state index in [1.807, 2.05) is 6.07 Å². The molecule has 126 valence electrons. The molecule has 3 amide bonds. The summed E-state index contributed by atoms with van der Waals surface area (Å²) >= 11 is 1.06. The van der Waals surface area contributed by atoms with Gasteiger partial charge < -0.3 is 10.1 Å². The first-order valence-electron chi connectivity index (χ1n) is 7.27. The van der Waals surface area contributed by atoms with Crippen molar-refractivity contribution in [3.63, 3.8) is 0 Å². The van der Waals surface area contributed by atoms with Crippen LogP contribution in [0.4, 0.5) is 4.79 Å². The maximum Gasteiger partial charge on any atom is 0.340 e. The van der Waals surface area contributed by atoms with Crippen LogP contribution < -0.4 is 5.32 Å². The normalized spacial score (nSPS) is 13.4. The fraction of sp³-hybridized carbons (Fsp3) is 0.400. The molecule has 1 saturated heterocycles. The molecule has 0 unspecified atom stereocenters. The smallest absolute Gasteiger partial charge is 0.340 e. The molecule has 0 spiro atoms. The standard InChI is InChI=1S/C15H16N4O4S/c1-3-23-14(21)11-6-10(7-16)13(18-9(11)2)24-8-12(20)19-5-4-17-15(19)22/h6H,3-5,8H2,1-2H3,(H,17,22). The van der Waals surface area contributed by atoms with Crippen molar-refractivity contribution >= 4 is 29.7 Å². The fourth-order valence-electron chi connectivity index (χ4n) is 2.11. The summed E-state index contributed by atoms with van der Waals surface area (Å²) in [5.41, 5.74) is 0.830. The van der Waals surface area contributed by atoms with E-state index in [4.69, 9.17) is 4.74 Å². The number of carbonyl (C=O) groups excluding carboxylic acids is 3. The topological polar surface area (TPSA) is 112 Å². The molecule has 0 radical (unpaired) electrons. The molecule has 2 heterocycles. The van der Waals surface area contributed by atoms with Gasteiger partial charge in [0.1, 0.15) is 11.1 Å². The summed E-state index contributed by atoms with van der Waals surface area (Å²) in [5, 5.41) is 12.1. The number of rotatable bonds is 5. The highest BCUT2D eigenvalue weighted by Crippen LogP contribution is 2.23. The van der Waals surface area contributed by atoms with Crippen molar-refractivity contribution in [3.8, 4) is 6.07 Å². The lowest BCUT2D eigenvalue weighted by Gasteiger charge is -2.12. The van der Waals surface area contributed by atoms with Gasteiger partial charge in [-0.25, -0.2) is 14.6 Å². The molecule has 24 heavy (non-hydrogen) atoms. The molecule has 0 atom stereocenters. The lowest BCUT2D eigenvalue weighted by Crippen LogP contribution is -2.35. The second-order valence-corrected chi connectivity index (χ2v) is 5.84. The van der Waals surface area contributed by atoms with Crippen LogP contribution in [-0.2, 0) is 9.53 Å². The van der Waals surface area contributed by atoms with Crippen molar-refractivity contribution in [2.75, 3.05) is 25.4 Å². The van der Waals surface area contributed by atoms with Crippen molar-refractivity contribution in [1.29, 1.82) is 5.26 Å². The SMILES string of the molecule is CCOC(=O)c1cc(C#N)c(SCC(=O)N2CCNC2=O)nc1C. The van der Waals surface area contributed by atoms with Gasteiger partial charge in [-0.2, -0.15) is 5.26 Å². The average Bonchev–Trinajstić information content (AvgIpc) is 2.99. The van der Waals surface area contributed by atoms with Crippen LogP contribution in [0, 0.1) is 18.3 Å². The molecule has 1 aromatic rings. The zero-order valence-corrected chi connectivity index (χ0v) is 14.1. The molecule has 9 heteroatoms. The number of pyridine rings is 1. The third kappa shape index (κ3) is 3.83. The Morgan fingerprint density at radius 3 is 2.88 bits per heavy atom. The van der Waals surface area contributed by atoms with Gasteiger partial charge in [0.15, 0.2) is 0 Å². The Balaban J connectivity index is 2.14. The van der Waals surface area contributed by atoms with Gasteiger partial charge in [0.25, 0.3) is 0 Å². The number of nitriles is 1. The molecule has 0 aromatic carbocycles. The van der Waals surface area contributed by atoms with E-state index in [9.17, 15) is 19.6 Å². The molecule has 1 aliphatic rings. The van der Waals surface area contributed by atoms with Gasteiger partial charge >= 0.3 is 12.0 Å². The second kappa shape index (κ2) is 7.79. The number of hydrogen-bond acceptors (Lipinski definition) is 7. The van der Waals surface area contributed by atoms with Crippen LogP contribution in [0.25, 0.3) is 0 Å².